The summed E-state index contributed by atoms with van der Waals surface area (Å²) in [7, 11) is -3.09. The molecule has 2 amide bonds. The fourth-order valence-electron chi connectivity index (χ4n) is 2.56. The van der Waals surface area contributed by atoms with Crippen LogP contribution in [0.2, 0.25) is 0 Å². The second-order valence-corrected chi connectivity index (χ2v) is 8.51. The van der Waals surface area contributed by atoms with Gasteiger partial charge in [0.25, 0.3) is 5.91 Å². The second-order valence-electron chi connectivity index (χ2n) is 6.28. The van der Waals surface area contributed by atoms with Crippen molar-refractivity contribution in [3.63, 3.8) is 0 Å². The van der Waals surface area contributed by atoms with Crippen LogP contribution in [0.5, 0.6) is 0 Å². The summed E-state index contributed by atoms with van der Waals surface area (Å²) >= 11 is 0. The number of rotatable bonds is 5. The maximum Gasteiger partial charge on any atom is 0.267 e. The van der Waals surface area contributed by atoms with Crippen molar-refractivity contribution in [1.82, 2.24) is 10.3 Å². The van der Waals surface area contributed by atoms with Gasteiger partial charge in [-0.15, -0.1) is 0 Å². The second kappa shape index (κ2) is 6.76. The van der Waals surface area contributed by atoms with Gasteiger partial charge in [0.2, 0.25) is 5.91 Å². The van der Waals surface area contributed by atoms with Crippen LogP contribution in [0.3, 0.4) is 0 Å². The summed E-state index contributed by atoms with van der Waals surface area (Å²) in [5, 5.41) is 8.15. The number of hydrogen-bond donors (Lipinski definition) is 1. The molecule has 7 nitrogen and oxygen atoms in total. The van der Waals surface area contributed by atoms with Crippen LogP contribution in [0.25, 0.3) is 0 Å². The third kappa shape index (κ3) is 4.28. The summed E-state index contributed by atoms with van der Waals surface area (Å²) in [6, 6.07) is -0.434. The Morgan fingerprint density at radius 3 is 2.73 bits per heavy atom. The molecule has 0 saturated carbocycles. The van der Waals surface area contributed by atoms with Gasteiger partial charge in [-0.1, -0.05) is 13.8 Å². The van der Waals surface area contributed by atoms with Gasteiger partial charge in [-0.3, -0.25) is 9.59 Å². The van der Waals surface area contributed by atoms with Gasteiger partial charge >= 0.3 is 0 Å². The fraction of sp³-hybridized carbons (Fsp3) is 0.786. The predicted molar refractivity (Wildman–Crippen MR) is 83.0 cm³/mol. The Morgan fingerprint density at radius 1 is 1.41 bits per heavy atom. The van der Waals surface area contributed by atoms with E-state index in [0.717, 1.165) is 6.42 Å². The van der Waals surface area contributed by atoms with Crippen LogP contribution in [0.4, 0.5) is 0 Å². The zero-order chi connectivity index (χ0) is 16.3. The Balaban J connectivity index is 2.01. The van der Waals surface area contributed by atoms with Crippen LogP contribution < -0.4 is 5.32 Å². The van der Waals surface area contributed by atoms with E-state index in [2.05, 4.69) is 24.3 Å². The summed E-state index contributed by atoms with van der Waals surface area (Å²) in [6.07, 6.45) is 1.78. The van der Waals surface area contributed by atoms with E-state index in [0.29, 0.717) is 31.0 Å². The number of nitrogens with one attached hydrogen (secondary N) is 1. The predicted octanol–water partition coefficient (Wildman–Crippen LogP) is 0.314. The van der Waals surface area contributed by atoms with Gasteiger partial charge in [-0.2, -0.15) is 5.10 Å². The van der Waals surface area contributed by atoms with Crippen molar-refractivity contribution in [3.8, 4) is 0 Å². The van der Waals surface area contributed by atoms with Crippen LogP contribution in [-0.2, 0) is 19.4 Å². The van der Waals surface area contributed by atoms with E-state index in [-0.39, 0.29) is 29.7 Å². The van der Waals surface area contributed by atoms with Crippen LogP contribution in [0.1, 0.15) is 39.5 Å². The molecule has 8 heteroatoms. The van der Waals surface area contributed by atoms with Gasteiger partial charge in [-0.25, -0.2) is 13.4 Å². The molecule has 0 aliphatic carbocycles. The number of sulfone groups is 1. The van der Waals surface area contributed by atoms with E-state index in [1.807, 2.05) is 0 Å². The molecule has 0 bridgehead atoms. The van der Waals surface area contributed by atoms with E-state index in [1.165, 1.54) is 5.01 Å². The van der Waals surface area contributed by atoms with E-state index < -0.39 is 15.9 Å². The third-order valence-electron chi connectivity index (χ3n) is 3.88. The lowest BCUT2D eigenvalue weighted by Crippen LogP contribution is -2.44. The molecule has 0 aromatic rings. The molecule has 2 aliphatic heterocycles. The molecule has 1 N–H and O–H groups in total. The molecular weight excluding hydrogens is 306 g/mol. The summed E-state index contributed by atoms with van der Waals surface area (Å²) in [5.74, 6) is 0.0346. The van der Waals surface area contributed by atoms with E-state index in [1.54, 1.807) is 0 Å². The minimum Gasteiger partial charge on any atom is -0.351 e. The smallest absolute Gasteiger partial charge is 0.267 e. The van der Waals surface area contributed by atoms with Gasteiger partial charge in [0.05, 0.1) is 17.5 Å². The highest BCUT2D eigenvalue weighted by atomic mass is 32.2. The zero-order valence-electron chi connectivity index (χ0n) is 13.0. The molecule has 0 spiro atoms. The Kier molecular flexibility index (Phi) is 5.20. The van der Waals surface area contributed by atoms with Crippen molar-refractivity contribution in [2.75, 3.05) is 18.1 Å². The Bertz CT molecular complexity index is 583. The lowest BCUT2D eigenvalue weighted by Gasteiger charge is -2.27. The molecule has 0 radical (unpaired) electrons. The first-order chi connectivity index (χ1) is 10.3. The van der Waals surface area contributed by atoms with E-state index in [9.17, 15) is 18.0 Å². The topological polar surface area (TPSA) is 95.9 Å². The van der Waals surface area contributed by atoms with Crippen molar-refractivity contribution in [1.29, 1.82) is 0 Å². The normalized spacial score (nSPS) is 24.5. The van der Waals surface area contributed by atoms with Gasteiger partial charge in [0.15, 0.2) is 9.84 Å². The van der Waals surface area contributed by atoms with Crippen LogP contribution in [0.15, 0.2) is 5.10 Å². The quantitative estimate of drug-likeness (QED) is 0.785. The van der Waals surface area contributed by atoms with Crippen molar-refractivity contribution >= 4 is 27.4 Å². The Hall–Kier alpha value is -1.44. The van der Waals surface area contributed by atoms with E-state index in [4.69, 9.17) is 0 Å². The van der Waals surface area contributed by atoms with E-state index >= 15 is 0 Å². The Labute approximate surface area is 131 Å². The van der Waals surface area contributed by atoms with Crippen LogP contribution in [-0.4, -0.2) is 55.0 Å². The molecule has 1 atom stereocenters. The lowest BCUT2D eigenvalue weighted by molar-refractivity contribution is -0.133. The number of nitrogens with zero attached hydrogens (tertiary/aromatic N) is 2. The van der Waals surface area contributed by atoms with Gasteiger partial charge in [0, 0.05) is 19.4 Å². The third-order valence-corrected chi connectivity index (χ3v) is 5.63. The first-order valence-electron chi connectivity index (χ1n) is 7.66. The van der Waals surface area contributed by atoms with Gasteiger partial charge in [0.1, 0.15) is 5.71 Å². The molecule has 0 aromatic carbocycles. The highest BCUT2D eigenvalue weighted by Crippen LogP contribution is 2.22. The molecule has 1 fully saturated rings. The molecule has 1 saturated heterocycles. The van der Waals surface area contributed by atoms with Crippen LogP contribution in [0, 0.1) is 5.92 Å². The number of carbonyl (C=O) groups is 2. The molecule has 2 rings (SSSR count). The van der Waals surface area contributed by atoms with Crippen molar-refractivity contribution in [2.45, 2.75) is 45.6 Å². The summed E-state index contributed by atoms with van der Waals surface area (Å²) in [4.78, 5) is 24.0. The average Bonchev–Trinajstić information content (AvgIpc) is 2.79. The maximum atomic E-state index is 12.1. The SMILES string of the molecule is CC(C)CCNC(=O)C1=NN(C2CCS(=O)(=O)C2)C(=O)CC1. The highest BCUT2D eigenvalue weighted by Gasteiger charge is 2.37. The van der Waals surface area contributed by atoms with Crippen LogP contribution >= 0.6 is 0 Å². The fourth-order valence-corrected chi connectivity index (χ4v) is 4.26. The Morgan fingerprint density at radius 2 is 2.14 bits per heavy atom. The number of carbonyl (C=O) groups excluding carboxylic acids is 2. The molecule has 1 unspecified atom stereocenters. The first kappa shape index (κ1) is 16.9. The molecule has 2 heterocycles. The molecule has 124 valence electrons. The maximum absolute atomic E-state index is 12.1. The monoisotopic (exact) mass is 329 g/mol. The minimum atomic E-state index is -3.09. The van der Waals surface area contributed by atoms with Gasteiger partial charge < -0.3 is 5.32 Å². The molecule has 22 heavy (non-hydrogen) atoms. The molecule has 0 aromatic heterocycles. The average molecular weight is 329 g/mol. The molecular formula is C14H23N3O4S. The minimum absolute atomic E-state index is 0.0650. The highest BCUT2D eigenvalue weighted by molar-refractivity contribution is 7.91. The standard InChI is InChI=1S/C14H23N3O4S/c1-10(2)5-7-15-14(19)12-3-4-13(18)17(16-12)11-6-8-22(20,21)9-11/h10-11H,3-9H2,1-2H3,(H,15,19). The summed E-state index contributed by atoms with van der Waals surface area (Å²) < 4.78 is 23.1. The van der Waals surface area contributed by atoms with Crippen molar-refractivity contribution in [3.05, 3.63) is 0 Å². The number of amides is 2. The zero-order valence-corrected chi connectivity index (χ0v) is 13.9. The summed E-state index contributed by atoms with van der Waals surface area (Å²) in [6.45, 7) is 4.72. The number of hydrogen-bond acceptors (Lipinski definition) is 5. The summed E-state index contributed by atoms with van der Waals surface area (Å²) in [5.41, 5.74) is 0.313. The van der Waals surface area contributed by atoms with Crippen molar-refractivity contribution < 1.29 is 18.0 Å². The first-order valence-corrected chi connectivity index (χ1v) is 9.49. The molecule has 2 aliphatic rings. The van der Waals surface area contributed by atoms with Gasteiger partial charge in [-0.05, 0) is 18.8 Å². The lowest BCUT2D eigenvalue weighted by atomic mass is 10.1. The van der Waals surface area contributed by atoms with Crippen molar-refractivity contribution in [2.24, 2.45) is 11.0 Å². The number of hydrazone groups is 1. The largest absolute Gasteiger partial charge is 0.351 e.